The van der Waals surface area contributed by atoms with Crippen LogP contribution in [-0.4, -0.2) is 30.1 Å². The average Bonchev–Trinajstić information content (AvgIpc) is 3.48. The Morgan fingerprint density at radius 2 is 1.80 bits per heavy atom. The number of carbonyl (C=O) groups excluding carboxylic acids is 1. The Hall–Kier alpha value is -3.61. The zero-order valence-corrected chi connectivity index (χ0v) is 19.5. The van der Waals surface area contributed by atoms with Gasteiger partial charge in [-0.15, -0.1) is 0 Å². The molecule has 1 aromatic heterocycles. The van der Waals surface area contributed by atoms with Gasteiger partial charge in [0.05, 0.1) is 23.1 Å². The fourth-order valence-electron chi connectivity index (χ4n) is 4.91. The van der Waals surface area contributed by atoms with Crippen molar-refractivity contribution in [1.82, 2.24) is 4.90 Å². The van der Waals surface area contributed by atoms with Gasteiger partial charge in [0.2, 0.25) is 5.76 Å². The molecule has 3 aromatic carbocycles. The van der Waals surface area contributed by atoms with Gasteiger partial charge in [0, 0.05) is 18.2 Å². The predicted molar refractivity (Wildman–Crippen MR) is 132 cm³/mol. The highest BCUT2D eigenvalue weighted by Gasteiger charge is 2.44. The Morgan fingerprint density at radius 1 is 0.971 bits per heavy atom. The summed E-state index contributed by atoms with van der Waals surface area (Å²) in [5.74, 6) is 1.06. The van der Waals surface area contributed by atoms with Crippen molar-refractivity contribution in [2.24, 2.45) is 0 Å². The van der Waals surface area contributed by atoms with E-state index in [0.717, 1.165) is 18.4 Å². The fraction of sp³-hybridized carbons (Fsp3) is 0.214. The Bertz CT molecular complexity index is 1480. The van der Waals surface area contributed by atoms with Gasteiger partial charge in [0.1, 0.15) is 17.1 Å². The maximum absolute atomic E-state index is 13.7. The summed E-state index contributed by atoms with van der Waals surface area (Å²) < 4.78 is 17.9. The number of hydrogen-bond acceptors (Lipinski definition) is 5. The van der Waals surface area contributed by atoms with Crippen LogP contribution in [0.1, 0.15) is 40.6 Å². The normalized spacial score (nSPS) is 19.3. The molecule has 35 heavy (non-hydrogen) atoms. The van der Waals surface area contributed by atoms with Crippen LogP contribution in [0.15, 0.2) is 82.0 Å². The Kier molecular flexibility index (Phi) is 5.55. The van der Waals surface area contributed by atoms with Crippen molar-refractivity contribution in [2.75, 3.05) is 13.2 Å². The molecule has 2 unspecified atom stereocenters. The molecule has 0 saturated carbocycles. The summed E-state index contributed by atoms with van der Waals surface area (Å²) in [6, 6.07) is 21.2. The number of carbonyl (C=O) groups is 1. The number of benzene rings is 3. The van der Waals surface area contributed by atoms with Gasteiger partial charge in [-0.2, -0.15) is 0 Å². The first-order valence-electron chi connectivity index (χ1n) is 11.6. The van der Waals surface area contributed by atoms with Crippen LogP contribution in [0.4, 0.5) is 0 Å². The highest BCUT2D eigenvalue weighted by molar-refractivity contribution is 6.31. The summed E-state index contributed by atoms with van der Waals surface area (Å²) in [4.78, 5) is 29.0. The van der Waals surface area contributed by atoms with E-state index in [4.69, 9.17) is 25.5 Å². The van der Waals surface area contributed by atoms with Gasteiger partial charge in [-0.3, -0.25) is 9.59 Å². The molecule has 1 amide bonds. The molecule has 1 fully saturated rings. The minimum Gasteiger partial charge on any atom is -0.457 e. The van der Waals surface area contributed by atoms with Crippen molar-refractivity contribution in [1.29, 1.82) is 0 Å². The molecular weight excluding hydrogens is 466 g/mol. The summed E-state index contributed by atoms with van der Waals surface area (Å²) in [6.45, 7) is 1.04. The number of ether oxygens (including phenoxy) is 2. The largest absolute Gasteiger partial charge is 0.457 e. The van der Waals surface area contributed by atoms with E-state index in [1.54, 1.807) is 23.1 Å². The Balaban J connectivity index is 1.48. The van der Waals surface area contributed by atoms with Gasteiger partial charge in [0.25, 0.3) is 5.91 Å². The van der Waals surface area contributed by atoms with Crippen LogP contribution in [0, 0.1) is 0 Å². The zero-order valence-electron chi connectivity index (χ0n) is 18.8. The molecular formula is C28H22ClNO5. The quantitative estimate of drug-likeness (QED) is 0.347. The zero-order chi connectivity index (χ0) is 23.9. The second kappa shape index (κ2) is 8.87. The molecule has 2 aliphatic rings. The number of hydrogen-bond donors (Lipinski definition) is 0. The molecule has 4 aromatic rings. The van der Waals surface area contributed by atoms with E-state index in [0.29, 0.717) is 46.2 Å². The number of rotatable bonds is 5. The van der Waals surface area contributed by atoms with Gasteiger partial charge in [-0.25, -0.2) is 0 Å². The molecule has 6 nitrogen and oxygen atoms in total. The first-order valence-corrected chi connectivity index (χ1v) is 12.0. The molecule has 2 aliphatic heterocycles. The fourth-order valence-corrected chi connectivity index (χ4v) is 5.08. The lowest BCUT2D eigenvalue weighted by atomic mass is 9.98. The van der Waals surface area contributed by atoms with Crippen LogP contribution in [0.2, 0.25) is 5.02 Å². The van der Waals surface area contributed by atoms with Crippen molar-refractivity contribution >= 4 is 28.5 Å². The van der Waals surface area contributed by atoms with E-state index < -0.39 is 6.04 Å². The van der Waals surface area contributed by atoms with Crippen molar-refractivity contribution in [3.05, 3.63) is 105 Å². The maximum atomic E-state index is 13.7. The molecule has 0 spiro atoms. The minimum absolute atomic E-state index is 0.0715. The van der Waals surface area contributed by atoms with E-state index in [2.05, 4.69) is 0 Å². The molecule has 0 radical (unpaired) electrons. The smallest absolute Gasteiger partial charge is 0.291 e. The number of para-hydroxylation sites is 1. The first-order chi connectivity index (χ1) is 17.1. The van der Waals surface area contributed by atoms with Crippen molar-refractivity contribution in [3.63, 3.8) is 0 Å². The maximum Gasteiger partial charge on any atom is 0.291 e. The van der Waals surface area contributed by atoms with Crippen LogP contribution in [0.3, 0.4) is 0 Å². The SMILES string of the molecule is O=C1c2oc3ccc(Cl)cc3c(=O)c2C(c2cccc(Oc3ccccc3)c2)N1CC1CCCO1. The molecule has 0 N–H and O–H groups in total. The summed E-state index contributed by atoms with van der Waals surface area (Å²) in [6.07, 6.45) is 1.73. The van der Waals surface area contributed by atoms with E-state index in [1.165, 1.54) is 0 Å². The number of nitrogens with zero attached hydrogens (tertiary/aromatic N) is 1. The molecule has 0 aliphatic carbocycles. The van der Waals surface area contributed by atoms with Crippen molar-refractivity contribution in [3.8, 4) is 11.5 Å². The molecule has 1 saturated heterocycles. The summed E-state index contributed by atoms with van der Waals surface area (Å²) in [7, 11) is 0. The van der Waals surface area contributed by atoms with Gasteiger partial charge >= 0.3 is 0 Å². The summed E-state index contributed by atoms with van der Waals surface area (Å²) in [5, 5.41) is 0.782. The lowest BCUT2D eigenvalue weighted by Gasteiger charge is -2.27. The lowest BCUT2D eigenvalue weighted by molar-refractivity contribution is 0.0486. The third-order valence-electron chi connectivity index (χ3n) is 6.50. The number of amides is 1. The van der Waals surface area contributed by atoms with Crippen LogP contribution in [0.25, 0.3) is 11.0 Å². The number of fused-ring (bicyclic) bond motifs is 2. The van der Waals surface area contributed by atoms with Crippen LogP contribution in [-0.2, 0) is 4.74 Å². The van der Waals surface area contributed by atoms with Gasteiger partial charge < -0.3 is 18.8 Å². The lowest BCUT2D eigenvalue weighted by Crippen LogP contribution is -2.36. The molecule has 3 heterocycles. The van der Waals surface area contributed by atoms with Gasteiger partial charge in [0.15, 0.2) is 5.43 Å². The monoisotopic (exact) mass is 487 g/mol. The third kappa shape index (κ3) is 3.99. The van der Waals surface area contributed by atoms with Crippen molar-refractivity contribution < 1.29 is 18.7 Å². The van der Waals surface area contributed by atoms with E-state index >= 15 is 0 Å². The second-order valence-electron chi connectivity index (χ2n) is 8.80. The van der Waals surface area contributed by atoms with Crippen LogP contribution < -0.4 is 10.2 Å². The van der Waals surface area contributed by atoms with E-state index in [1.807, 2.05) is 54.6 Å². The van der Waals surface area contributed by atoms with E-state index in [-0.39, 0.29) is 23.2 Å². The van der Waals surface area contributed by atoms with Crippen LogP contribution >= 0.6 is 11.6 Å². The van der Waals surface area contributed by atoms with Crippen LogP contribution in [0.5, 0.6) is 11.5 Å². The standard InChI is InChI=1S/C28H22ClNO5/c29-18-11-12-23-22(15-18)26(31)24-25(30(28(32)27(24)35-23)16-21-10-5-13-33-21)17-6-4-9-20(14-17)34-19-7-2-1-3-8-19/h1-4,6-9,11-12,14-15,21,25H,5,10,13,16H2. The molecule has 7 heteroatoms. The van der Waals surface area contributed by atoms with E-state index in [9.17, 15) is 9.59 Å². The predicted octanol–water partition coefficient (Wildman–Crippen LogP) is 5.96. The van der Waals surface area contributed by atoms with Gasteiger partial charge in [-0.05, 0) is 60.9 Å². The van der Waals surface area contributed by atoms with Crippen molar-refractivity contribution in [2.45, 2.75) is 25.0 Å². The molecule has 2 atom stereocenters. The topological polar surface area (TPSA) is 69.0 Å². The Labute approximate surface area is 206 Å². The second-order valence-corrected chi connectivity index (χ2v) is 9.23. The number of halogens is 1. The molecule has 176 valence electrons. The van der Waals surface area contributed by atoms with Gasteiger partial charge in [-0.1, -0.05) is 41.9 Å². The summed E-state index contributed by atoms with van der Waals surface area (Å²) in [5.41, 5.74) is 1.16. The highest BCUT2D eigenvalue weighted by Crippen LogP contribution is 2.40. The average molecular weight is 488 g/mol. The minimum atomic E-state index is -0.624. The third-order valence-corrected chi connectivity index (χ3v) is 6.74. The first kappa shape index (κ1) is 21.9. The molecule has 6 rings (SSSR count). The Morgan fingerprint density at radius 3 is 2.60 bits per heavy atom. The molecule has 0 bridgehead atoms. The summed E-state index contributed by atoms with van der Waals surface area (Å²) >= 11 is 6.17. The highest BCUT2D eigenvalue weighted by atomic mass is 35.5.